The summed E-state index contributed by atoms with van der Waals surface area (Å²) in [6.45, 7) is 8.63. The molecule has 1 heteroatoms. The Labute approximate surface area is 92.3 Å². The van der Waals surface area contributed by atoms with Crippen LogP contribution in [0.1, 0.15) is 42.9 Å². The maximum absolute atomic E-state index is 6.24. The summed E-state index contributed by atoms with van der Waals surface area (Å²) >= 11 is 6.24. The molecule has 1 aromatic rings. The molecule has 0 aliphatic carbocycles. The zero-order valence-electron chi connectivity index (χ0n) is 9.47. The summed E-state index contributed by atoms with van der Waals surface area (Å²) in [5.41, 5.74) is 4.06. The van der Waals surface area contributed by atoms with Gasteiger partial charge >= 0.3 is 0 Å². The monoisotopic (exact) mass is 210 g/mol. The summed E-state index contributed by atoms with van der Waals surface area (Å²) < 4.78 is 0. The SMILES string of the molecule is CCC(Cl)C(C)c1ccc(C)c(C)c1. The molecule has 2 unspecified atom stereocenters. The number of alkyl halides is 1. The fourth-order valence-electron chi connectivity index (χ4n) is 1.61. The number of hydrogen-bond acceptors (Lipinski definition) is 0. The zero-order valence-corrected chi connectivity index (χ0v) is 10.2. The zero-order chi connectivity index (χ0) is 10.7. The van der Waals surface area contributed by atoms with Crippen LogP contribution in [0.4, 0.5) is 0 Å². The molecule has 1 rings (SSSR count). The summed E-state index contributed by atoms with van der Waals surface area (Å²) in [5, 5.41) is 0.247. The molecule has 0 bridgehead atoms. The third-order valence-electron chi connectivity index (χ3n) is 2.99. The van der Waals surface area contributed by atoms with Crippen LogP contribution >= 0.6 is 11.6 Å². The molecular formula is C13H19Cl. The fourth-order valence-corrected chi connectivity index (χ4v) is 1.76. The van der Waals surface area contributed by atoms with E-state index in [9.17, 15) is 0 Å². The van der Waals surface area contributed by atoms with Crippen LogP contribution in [0.15, 0.2) is 18.2 Å². The van der Waals surface area contributed by atoms with Gasteiger partial charge in [-0.2, -0.15) is 0 Å². The third-order valence-corrected chi connectivity index (χ3v) is 3.68. The van der Waals surface area contributed by atoms with Crippen molar-refractivity contribution in [3.63, 3.8) is 0 Å². The number of halogens is 1. The van der Waals surface area contributed by atoms with Crippen molar-refractivity contribution in [1.82, 2.24) is 0 Å². The molecule has 14 heavy (non-hydrogen) atoms. The predicted octanol–water partition coefficient (Wildman–Crippen LogP) is 4.42. The predicted molar refractivity (Wildman–Crippen MR) is 64.3 cm³/mol. The highest BCUT2D eigenvalue weighted by Crippen LogP contribution is 2.26. The van der Waals surface area contributed by atoms with Crippen LogP contribution in [0.3, 0.4) is 0 Å². The van der Waals surface area contributed by atoms with Gasteiger partial charge in [0.2, 0.25) is 0 Å². The van der Waals surface area contributed by atoms with E-state index >= 15 is 0 Å². The van der Waals surface area contributed by atoms with Crippen LogP contribution in [0.5, 0.6) is 0 Å². The molecule has 0 saturated heterocycles. The molecule has 0 amide bonds. The molecule has 0 aliphatic heterocycles. The quantitative estimate of drug-likeness (QED) is 0.648. The van der Waals surface area contributed by atoms with Crippen LogP contribution in [0, 0.1) is 13.8 Å². The minimum absolute atomic E-state index is 0.247. The molecule has 0 fully saturated rings. The van der Waals surface area contributed by atoms with E-state index in [1.54, 1.807) is 0 Å². The van der Waals surface area contributed by atoms with E-state index in [0.29, 0.717) is 5.92 Å². The van der Waals surface area contributed by atoms with E-state index < -0.39 is 0 Å². The highest BCUT2D eigenvalue weighted by Gasteiger charge is 2.14. The van der Waals surface area contributed by atoms with Crippen LogP contribution < -0.4 is 0 Å². The Hall–Kier alpha value is -0.490. The summed E-state index contributed by atoms with van der Waals surface area (Å²) in [7, 11) is 0. The van der Waals surface area contributed by atoms with Crippen molar-refractivity contribution in [3.8, 4) is 0 Å². The van der Waals surface area contributed by atoms with Crippen LogP contribution in [0.25, 0.3) is 0 Å². The van der Waals surface area contributed by atoms with Gasteiger partial charge in [-0.25, -0.2) is 0 Å². The largest absolute Gasteiger partial charge is 0.122 e. The lowest BCUT2D eigenvalue weighted by molar-refractivity contribution is 0.674. The molecule has 0 nitrogen and oxygen atoms in total. The van der Waals surface area contributed by atoms with E-state index in [0.717, 1.165) is 6.42 Å². The molecule has 0 aliphatic rings. The summed E-state index contributed by atoms with van der Waals surface area (Å²) in [6.07, 6.45) is 1.02. The standard InChI is InChI=1S/C13H19Cl/c1-5-13(14)11(4)12-7-6-9(2)10(3)8-12/h6-8,11,13H,5H2,1-4H3. The third kappa shape index (κ3) is 2.51. The Morgan fingerprint density at radius 1 is 1.21 bits per heavy atom. The van der Waals surface area contributed by atoms with Crippen molar-refractivity contribution < 1.29 is 0 Å². The molecule has 1 aromatic carbocycles. The van der Waals surface area contributed by atoms with Crippen molar-refractivity contribution >= 4 is 11.6 Å². The molecule has 78 valence electrons. The number of hydrogen-bond donors (Lipinski definition) is 0. The lowest BCUT2D eigenvalue weighted by Crippen LogP contribution is -2.08. The highest BCUT2D eigenvalue weighted by atomic mass is 35.5. The second-order valence-corrected chi connectivity index (χ2v) is 4.62. The van der Waals surface area contributed by atoms with Gasteiger partial charge in [-0.3, -0.25) is 0 Å². The molecular weight excluding hydrogens is 192 g/mol. The van der Waals surface area contributed by atoms with Crippen LogP contribution in [-0.2, 0) is 0 Å². The van der Waals surface area contributed by atoms with Crippen LogP contribution in [-0.4, -0.2) is 5.38 Å². The van der Waals surface area contributed by atoms with Gasteiger partial charge in [0.1, 0.15) is 0 Å². The molecule has 2 atom stereocenters. The summed E-state index contributed by atoms with van der Waals surface area (Å²) in [4.78, 5) is 0. The minimum Gasteiger partial charge on any atom is -0.122 e. The Kier molecular flexibility index (Phi) is 4.00. The Morgan fingerprint density at radius 3 is 2.36 bits per heavy atom. The molecule has 0 spiro atoms. The first-order chi connectivity index (χ1) is 6.56. The molecule has 0 radical (unpaired) electrons. The Morgan fingerprint density at radius 2 is 1.86 bits per heavy atom. The van der Waals surface area contributed by atoms with Crippen LogP contribution in [0.2, 0.25) is 0 Å². The van der Waals surface area contributed by atoms with Crippen molar-refractivity contribution in [3.05, 3.63) is 34.9 Å². The topological polar surface area (TPSA) is 0 Å². The van der Waals surface area contributed by atoms with Crippen molar-refractivity contribution in [2.75, 3.05) is 0 Å². The maximum atomic E-state index is 6.24. The first-order valence-corrected chi connectivity index (χ1v) is 5.71. The number of aryl methyl sites for hydroxylation is 2. The fraction of sp³-hybridized carbons (Fsp3) is 0.538. The van der Waals surface area contributed by atoms with Gasteiger partial charge in [-0.15, -0.1) is 11.6 Å². The first kappa shape index (κ1) is 11.6. The Bertz CT molecular complexity index is 304. The summed E-state index contributed by atoms with van der Waals surface area (Å²) in [5.74, 6) is 0.445. The van der Waals surface area contributed by atoms with Gasteiger partial charge in [0.15, 0.2) is 0 Å². The smallest absolute Gasteiger partial charge is 0.0399 e. The lowest BCUT2D eigenvalue weighted by Gasteiger charge is -2.17. The van der Waals surface area contributed by atoms with Gasteiger partial charge in [-0.05, 0) is 42.9 Å². The van der Waals surface area contributed by atoms with Crippen molar-refractivity contribution in [2.45, 2.75) is 45.4 Å². The average molecular weight is 211 g/mol. The average Bonchev–Trinajstić information content (AvgIpc) is 2.20. The molecule has 0 aromatic heterocycles. The number of rotatable bonds is 3. The van der Waals surface area contributed by atoms with Gasteiger partial charge in [0.25, 0.3) is 0 Å². The Balaban J connectivity index is 2.91. The lowest BCUT2D eigenvalue weighted by atomic mass is 9.93. The maximum Gasteiger partial charge on any atom is 0.0399 e. The second kappa shape index (κ2) is 4.84. The van der Waals surface area contributed by atoms with Gasteiger partial charge in [-0.1, -0.05) is 32.0 Å². The number of benzene rings is 1. The van der Waals surface area contributed by atoms with E-state index in [1.165, 1.54) is 16.7 Å². The van der Waals surface area contributed by atoms with E-state index in [2.05, 4.69) is 45.9 Å². The van der Waals surface area contributed by atoms with Crippen molar-refractivity contribution in [2.24, 2.45) is 0 Å². The van der Waals surface area contributed by atoms with E-state index in [-0.39, 0.29) is 5.38 Å². The minimum atomic E-state index is 0.247. The van der Waals surface area contributed by atoms with Crippen molar-refractivity contribution in [1.29, 1.82) is 0 Å². The molecule has 0 N–H and O–H groups in total. The molecule has 0 heterocycles. The first-order valence-electron chi connectivity index (χ1n) is 5.27. The van der Waals surface area contributed by atoms with E-state index in [1.807, 2.05) is 0 Å². The summed E-state index contributed by atoms with van der Waals surface area (Å²) in [6, 6.07) is 6.63. The highest BCUT2D eigenvalue weighted by molar-refractivity contribution is 6.21. The van der Waals surface area contributed by atoms with Gasteiger partial charge in [0.05, 0.1) is 0 Å². The molecule has 0 saturated carbocycles. The van der Waals surface area contributed by atoms with E-state index in [4.69, 9.17) is 11.6 Å². The normalized spacial score (nSPS) is 15.2. The second-order valence-electron chi connectivity index (χ2n) is 4.06. The van der Waals surface area contributed by atoms with Gasteiger partial charge < -0.3 is 0 Å². The van der Waals surface area contributed by atoms with Gasteiger partial charge in [0, 0.05) is 5.38 Å².